The highest BCUT2D eigenvalue weighted by Gasteiger charge is 2.16. The highest BCUT2D eigenvalue weighted by Crippen LogP contribution is 2.37. The van der Waals surface area contributed by atoms with E-state index in [2.05, 4.69) is 69.9 Å². The maximum absolute atomic E-state index is 4.48. The van der Waals surface area contributed by atoms with Crippen molar-refractivity contribution < 1.29 is 0 Å². The summed E-state index contributed by atoms with van der Waals surface area (Å²) in [7, 11) is 0. The van der Waals surface area contributed by atoms with Crippen LogP contribution in [0.3, 0.4) is 0 Å². The summed E-state index contributed by atoms with van der Waals surface area (Å²) in [6, 6.07) is 4.33. The molecule has 1 aromatic heterocycles. The average molecular weight is 439 g/mol. The Morgan fingerprint density at radius 1 is 1.33 bits per heavy atom. The highest BCUT2D eigenvalue weighted by molar-refractivity contribution is 14.2. The summed E-state index contributed by atoms with van der Waals surface area (Å²) in [5.74, 6) is 0. The molecule has 0 amide bonds. The number of nitrogens with one attached hydrogen (secondary N) is 1. The fourth-order valence-corrected chi connectivity index (χ4v) is 4.53. The van der Waals surface area contributed by atoms with E-state index in [0.717, 1.165) is 30.7 Å². The quantitative estimate of drug-likeness (QED) is 0.578. The largest absolute Gasteiger partial charge is 0.368 e. The lowest BCUT2D eigenvalue weighted by Crippen LogP contribution is -2.43. The van der Waals surface area contributed by atoms with E-state index < -0.39 is 0 Å². The fourth-order valence-electron chi connectivity index (χ4n) is 2.33. The van der Waals surface area contributed by atoms with Crippen LogP contribution in [0.2, 0.25) is 0 Å². The lowest BCUT2D eigenvalue weighted by molar-refractivity contribution is 0.590. The molecule has 3 rings (SSSR count). The molecule has 0 spiro atoms. The number of nitrogens with zero attached hydrogens (tertiary/aromatic N) is 3. The first-order valence-electron chi connectivity index (χ1n) is 5.80. The summed E-state index contributed by atoms with van der Waals surface area (Å²) in [5, 5.41) is 9.11. The Morgan fingerprint density at radius 3 is 2.83 bits per heavy atom. The lowest BCUT2D eigenvalue weighted by Gasteiger charge is -2.30. The first kappa shape index (κ1) is 13.1. The van der Waals surface area contributed by atoms with Gasteiger partial charge in [0.1, 0.15) is 0 Å². The van der Waals surface area contributed by atoms with E-state index in [4.69, 9.17) is 0 Å². The monoisotopic (exact) mass is 438 g/mol. The molecule has 0 aliphatic carbocycles. The van der Waals surface area contributed by atoms with Crippen molar-refractivity contribution in [2.45, 2.75) is 0 Å². The molecule has 1 fully saturated rings. The number of hydrogen-bond acceptors (Lipinski definition) is 3. The number of aromatic nitrogens is 2. The van der Waals surface area contributed by atoms with Crippen molar-refractivity contribution in [1.82, 2.24) is 14.9 Å². The third-order valence-corrected chi connectivity index (χ3v) is 5.71. The first-order chi connectivity index (χ1) is 8.81. The van der Waals surface area contributed by atoms with Gasteiger partial charge in [-0.1, -0.05) is 0 Å². The molecule has 1 saturated heterocycles. The summed E-state index contributed by atoms with van der Waals surface area (Å²) in [4.78, 5) is 2.44. The Morgan fingerprint density at radius 2 is 2.11 bits per heavy atom. The molecular formula is C11H13BrIN4P. The van der Waals surface area contributed by atoms with E-state index in [0.29, 0.717) is 6.37 Å². The third kappa shape index (κ3) is 2.28. The van der Waals surface area contributed by atoms with Crippen LogP contribution < -0.4 is 10.2 Å². The van der Waals surface area contributed by atoms with Crippen molar-refractivity contribution in [1.29, 1.82) is 0 Å². The molecule has 1 aliphatic rings. The van der Waals surface area contributed by atoms with Gasteiger partial charge >= 0.3 is 0 Å². The average Bonchev–Trinajstić information content (AvgIpc) is 2.85. The molecule has 1 unspecified atom stereocenters. The van der Waals surface area contributed by atoms with E-state index >= 15 is 0 Å². The summed E-state index contributed by atoms with van der Waals surface area (Å²) >= 11 is 6.00. The zero-order valence-electron chi connectivity index (χ0n) is 9.66. The van der Waals surface area contributed by atoms with Gasteiger partial charge in [0.05, 0.1) is 18.1 Å². The molecule has 4 nitrogen and oxygen atoms in total. The molecule has 2 heterocycles. The van der Waals surface area contributed by atoms with Crippen molar-refractivity contribution in [3.63, 3.8) is 0 Å². The van der Waals surface area contributed by atoms with Gasteiger partial charge in [-0.3, -0.25) is 0 Å². The maximum atomic E-state index is 4.48. The minimum absolute atomic E-state index is 0.625. The molecule has 1 N–H and O–H groups in total. The standard InChI is InChI=1S/C11H13BrIN4P/c12-9-1-2-10(16-5-3-14-4-6-16)8-7-15-17(18-13)11(8)9/h1-2,7,14,18H,3-6H2. The topological polar surface area (TPSA) is 33.1 Å². The van der Waals surface area contributed by atoms with Crippen molar-refractivity contribution in [2.24, 2.45) is 0 Å². The van der Waals surface area contributed by atoms with E-state index in [1.807, 2.05) is 6.20 Å². The normalized spacial score (nSPS) is 17.1. The van der Waals surface area contributed by atoms with Gasteiger partial charge in [-0.25, -0.2) is 4.45 Å². The molecule has 7 heteroatoms. The molecule has 1 aromatic carbocycles. The molecule has 1 atom stereocenters. The fraction of sp³-hybridized carbons (Fsp3) is 0.364. The van der Waals surface area contributed by atoms with Gasteiger partial charge < -0.3 is 10.2 Å². The van der Waals surface area contributed by atoms with Crippen LogP contribution in [0.4, 0.5) is 5.69 Å². The summed E-state index contributed by atoms with van der Waals surface area (Å²) in [6.45, 7) is 4.24. The van der Waals surface area contributed by atoms with Crippen molar-refractivity contribution in [3.8, 4) is 0 Å². The van der Waals surface area contributed by atoms with Crippen LogP contribution in [-0.4, -0.2) is 35.7 Å². The van der Waals surface area contributed by atoms with Crippen molar-refractivity contribution in [2.75, 3.05) is 31.1 Å². The minimum atomic E-state index is 0.625. The van der Waals surface area contributed by atoms with Crippen LogP contribution in [0.15, 0.2) is 22.8 Å². The molecule has 0 saturated carbocycles. The third-order valence-electron chi connectivity index (χ3n) is 3.20. The van der Waals surface area contributed by atoms with Crippen LogP contribution in [0.5, 0.6) is 0 Å². The van der Waals surface area contributed by atoms with Crippen LogP contribution in [0.25, 0.3) is 10.9 Å². The van der Waals surface area contributed by atoms with E-state index in [1.165, 1.54) is 16.6 Å². The molecule has 18 heavy (non-hydrogen) atoms. The Hall–Kier alpha value is 0.0900. The highest BCUT2D eigenvalue weighted by atomic mass is 127. The van der Waals surface area contributed by atoms with Gasteiger partial charge in [0.25, 0.3) is 0 Å². The first-order valence-corrected chi connectivity index (χ1v) is 10.7. The van der Waals surface area contributed by atoms with Gasteiger partial charge in [0.2, 0.25) is 0 Å². The van der Waals surface area contributed by atoms with Crippen LogP contribution in [-0.2, 0) is 0 Å². The van der Waals surface area contributed by atoms with Gasteiger partial charge in [-0.05, 0) is 50.1 Å². The van der Waals surface area contributed by atoms with Gasteiger partial charge in [-0.2, -0.15) is 5.10 Å². The maximum Gasteiger partial charge on any atom is 0.0892 e. The van der Waals surface area contributed by atoms with Crippen LogP contribution in [0.1, 0.15) is 0 Å². The van der Waals surface area contributed by atoms with Crippen LogP contribution in [0, 0.1) is 0 Å². The zero-order valence-corrected chi connectivity index (χ0v) is 14.4. The number of fused-ring (bicyclic) bond motifs is 1. The van der Waals surface area contributed by atoms with Crippen molar-refractivity contribution in [3.05, 3.63) is 22.8 Å². The Bertz CT molecular complexity index is 567. The summed E-state index contributed by atoms with van der Waals surface area (Å²) in [6.07, 6.45) is 2.61. The predicted molar refractivity (Wildman–Crippen MR) is 90.2 cm³/mol. The van der Waals surface area contributed by atoms with Gasteiger partial charge in [0, 0.05) is 41.7 Å². The number of benzene rings is 1. The summed E-state index contributed by atoms with van der Waals surface area (Å²) in [5.41, 5.74) is 2.51. The van der Waals surface area contributed by atoms with E-state index in [-0.39, 0.29) is 0 Å². The second-order valence-electron chi connectivity index (χ2n) is 4.21. The molecule has 0 radical (unpaired) electrons. The lowest BCUT2D eigenvalue weighted by atomic mass is 10.2. The predicted octanol–water partition coefficient (Wildman–Crippen LogP) is 3.00. The van der Waals surface area contributed by atoms with E-state index in [1.54, 1.807) is 0 Å². The Labute approximate surface area is 129 Å². The number of piperazine rings is 1. The molecule has 96 valence electrons. The SMILES string of the molecule is Brc1ccc(N2CCNCC2)c2cnn(PI)c12. The Balaban J connectivity index is 2.12. The molecule has 1 aliphatic heterocycles. The summed E-state index contributed by atoms with van der Waals surface area (Å²) < 4.78 is 3.18. The van der Waals surface area contributed by atoms with Crippen LogP contribution >= 0.6 is 44.3 Å². The second-order valence-corrected chi connectivity index (χ2v) is 7.10. The minimum Gasteiger partial charge on any atom is -0.368 e. The molecule has 2 aromatic rings. The molecular weight excluding hydrogens is 426 g/mol. The van der Waals surface area contributed by atoms with Crippen molar-refractivity contribution >= 4 is 60.9 Å². The van der Waals surface area contributed by atoms with Gasteiger partial charge in [0.15, 0.2) is 0 Å². The number of hydrogen-bond donors (Lipinski definition) is 1. The van der Waals surface area contributed by atoms with Gasteiger partial charge in [-0.15, -0.1) is 0 Å². The Kier molecular flexibility index (Phi) is 4.08. The smallest absolute Gasteiger partial charge is 0.0892 e. The molecule has 0 bridgehead atoms. The van der Waals surface area contributed by atoms with E-state index in [9.17, 15) is 0 Å². The second kappa shape index (κ2) is 5.61. The zero-order chi connectivity index (χ0) is 12.5. The number of halogens is 2. The number of anilines is 1. The number of rotatable bonds is 2.